The highest BCUT2D eigenvalue weighted by molar-refractivity contribution is 5.91. The number of carbonyl (C=O) groups excluding carboxylic acids is 1. The van der Waals surface area contributed by atoms with Gasteiger partial charge in [-0.1, -0.05) is 13.8 Å². The number of benzene rings is 1. The minimum absolute atomic E-state index is 0.117. The van der Waals surface area contributed by atoms with Gasteiger partial charge in [-0.05, 0) is 98.0 Å². The Morgan fingerprint density at radius 3 is 2.07 bits per heavy atom. The van der Waals surface area contributed by atoms with Crippen molar-refractivity contribution in [3.05, 3.63) is 46.3 Å². The predicted molar refractivity (Wildman–Crippen MR) is 161 cm³/mol. The highest BCUT2D eigenvalue weighted by Crippen LogP contribution is 2.38. The van der Waals surface area contributed by atoms with Crippen molar-refractivity contribution in [3.63, 3.8) is 0 Å². The molecule has 0 aliphatic heterocycles. The third-order valence-corrected chi connectivity index (χ3v) is 6.29. The second-order valence-electron chi connectivity index (χ2n) is 11.6. The number of nitrogens with one attached hydrogen (secondary N) is 1. The molecule has 1 N–H and O–H groups in total. The number of aromatic nitrogens is 1. The summed E-state index contributed by atoms with van der Waals surface area (Å²) in [5.74, 6) is -1.51. The van der Waals surface area contributed by atoms with Crippen LogP contribution in [-0.2, 0) is 4.74 Å². The van der Waals surface area contributed by atoms with Gasteiger partial charge in [0.25, 0.3) is 0 Å². The molecule has 6 nitrogen and oxygen atoms in total. The summed E-state index contributed by atoms with van der Waals surface area (Å²) in [6, 6.07) is 1.02. The maximum absolute atomic E-state index is 14.8. The molecule has 2 atom stereocenters. The van der Waals surface area contributed by atoms with Gasteiger partial charge in [0.05, 0.1) is 5.69 Å². The molecular formula is C31H50F4N4O2. The molecule has 2 rings (SSSR count). The van der Waals surface area contributed by atoms with E-state index in [4.69, 9.17) is 4.74 Å². The number of carbonyl (C=O) groups is 1. The molecule has 0 aliphatic rings. The van der Waals surface area contributed by atoms with E-state index in [0.29, 0.717) is 35.6 Å². The Balaban J connectivity index is 0.000000954. The van der Waals surface area contributed by atoms with Crippen molar-refractivity contribution in [2.45, 2.75) is 86.9 Å². The smallest absolute Gasteiger partial charge is 0.414 e. The maximum atomic E-state index is 14.8. The van der Waals surface area contributed by atoms with Crippen molar-refractivity contribution >= 4 is 11.8 Å². The molecule has 0 fully saturated rings. The topological polar surface area (TPSA) is 57.7 Å². The second-order valence-corrected chi connectivity index (χ2v) is 11.6. The van der Waals surface area contributed by atoms with E-state index in [2.05, 4.69) is 16.8 Å². The number of alkyl halides is 1. The number of nitrogens with zero attached hydrogens (tertiary/aromatic N) is 3. The van der Waals surface area contributed by atoms with E-state index in [1.165, 1.54) is 24.5 Å². The number of aryl methyl sites for hydroxylation is 2. The molecule has 2 unspecified atom stereocenters. The van der Waals surface area contributed by atoms with Crippen LogP contribution in [0, 0.1) is 45.2 Å². The Bertz CT molecular complexity index is 1120. The number of amides is 1. The van der Waals surface area contributed by atoms with Crippen molar-refractivity contribution < 1.29 is 27.2 Å². The van der Waals surface area contributed by atoms with Gasteiger partial charge in [-0.25, -0.2) is 18.0 Å². The molecule has 0 bridgehead atoms. The van der Waals surface area contributed by atoms with E-state index in [1.54, 1.807) is 40.8 Å². The summed E-state index contributed by atoms with van der Waals surface area (Å²) >= 11 is 0. The Morgan fingerprint density at radius 1 is 1.07 bits per heavy atom. The number of pyridine rings is 1. The standard InChI is InChI=1S/C21H26F2N2O2.C9H20FN.CH4FN/c1-11-10-24-14(4)17(12(11)2)18-13(3)16(9-15(22)19(18)23)25(8)20(26)27-21(5,6)7;1-5-9(10)6-8(2)7-11(3)4;1-3-2/h9-10H,1-8H3;8-9H,5-7H2,1-4H3;3H,1H3. The van der Waals surface area contributed by atoms with Crippen LogP contribution in [0.25, 0.3) is 11.1 Å². The molecule has 234 valence electrons. The van der Waals surface area contributed by atoms with Crippen LogP contribution in [0.2, 0.25) is 0 Å². The van der Waals surface area contributed by atoms with Gasteiger partial charge in [-0.15, -0.1) is 4.48 Å². The molecule has 2 aromatic rings. The molecule has 1 amide bonds. The monoisotopic (exact) mass is 586 g/mol. The third-order valence-electron chi connectivity index (χ3n) is 6.29. The third kappa shape index (κ3) is 12.4. The van der Waals surface area contributed by atoms with Crippen LogP contribution in [0.15, 0.2) is 12.3 Å². The quantitative estimate of drug-likeness (QED) is 0.263. The lowest BCUT2D eigenvalue weighted by atomic mass is 9.92. The number of rotatable bonds is 7. The zero-order chi connectivity index (χ0) is 32.2. The van der Waals surface area contributed by atoms with E-state index < -0.39 is 29.5 Å². The summed E-state index contributed by atoms with van der Waals surface area (Å²) in [6.07, 6.45) is 1.81. The molecule has 0 saturated carbocycles. The fourth-order valence-corrected chi connectivity index (χ4v) is 4.27. The average Bonchev–Trinajstić information content (AvgIpc) is 2.84. The van der Waals surface area contributed by atoms with Gasteiger partial charge in [0, 0.05) is 49.7 Å². The largest absolute Gasteiger partial charge is 0.443 e. The van der Waals surface area contributed by atoms with Crippen LogP contribution in [0.1, 0.15) is 69.8 Å². The van der Waals surface area contributed by atoms with Gasteiger partial charge in [-0.2, -0.15) is 5.54 Å². The van der Waals surface area contributed by atoms with Gasteiger partial charge in [0.15, 0.2) is 11.6 Å². The maximum Gasteiger partial charge on any atom is 0.414 e. The Labute approximate surface area is 244 Å². The summed E-state index contributed by atoms with van der Waals surface area (Å²) in [4.78, 5) is 20.0. The lowest BCUT2D eigenvalue weighted by Crippen LogP contribution is -2.34. The fraction of sp³-hybridized carbons (Fsp3) is 0.613. The summed E-state index contributed by atoms with van der Waals surface area (Å²) in [6.45, 7) is 17.3. The Hall–Kier alpha value is -2.72. The van der Waals surface area contributed by atoms with Crippen LogP contribution in [0.3, 0.4) is 0 Å². The summed E-state index contributed by atoms with van der Waals surface area (Å²) < 4.78 is 57.5. The zero-order valence-electron chi connectivity index (χ0n) is 27.1. The number of anilines is 1. The molecule has 0 spiro atoms. The van der Waals surface area contributed by atoms with Crippen molar-refractivity contribution in [2.75, 3.05) is 39.6 Å². The normalized spacial score (nSPS) is 12.5. The average molecular weight is 587 g/mol. The SMILES string of the molecule is CCC(F)CC(C)CN(C)C.CNF.Cc1cnc(C)c(-c2c(C)c(N(C)C(=O)OC(C)(C)C)cc(F)c2F)c1C. The van der Waals surface area contributed by atoms with Crippen molar-refractivity contribution in [1.82, 2.24) is 15.4 Å². The number of ether oxygens (including phenoxy) is 1. The minimum Gasteiger partial charge on any atom is -0.443 e. The Kier molecular flexibility index (Phi) is 16.1. The summed E-state index contributed by atoms with van der Waals surface area (Å²) in [5.41, 5.74) is 4.20. The van der Waals surface area contributed by atoms with Gasteiger partial charge in [0.1, 0.15) is 11.8 Å². The molecule has 0 aliphatic carbocycles. The van der Waals surface area contributed by atoms with E-state index in [9.17, 15) is 22.4 Å². The summed E-state index contributed by atoms with van der Waals surface area (Å²) in [5, 5.41) is 0. The fourth-order valence-electron chi connectivity index (χ4n) is 4.27. The molecule has 1 aromatic carbocycles. The first-order valence-electron chi connectivity index (χ1n) is 13.8. The van der Waals surface area contributed by atoms with Crippen LogP contribution < -0.4 is 10.4 Å². The van der Waals surface area contributed by atoms with E-state index in [-0.39, 0.29) is 11.3 Å². The Morgan fingerprint density at radius 2 is 1.61 bits per heavy atom. The zero-order valence-corrected chi connectivity index (χ0v) is 27.1. The highest BCUT2D eigenvalue weighted by atomic mass is 19.2. The molecular weight excluding hydrogens is 536 g/mol. The van der Waals surface area contributed by atoms with E-state index in [0.717, 1.165) is 23.7 Å². The van der Waals surface area contributed by atoms with Gasteiger partial charge < -0.3 is 9.64 Å². The lowest BCUT2D eigenvalue weighted by molar-refractivity contribution is 0.0589. The van der Waals surface area contributed by atoms with Crippen molar-refractivity contribution in [1.29, 1.82) is 0 Å². The number of hydrogen-bond acceptors (Lipinski definition) is 5. The van der Waals surface area contributed by atoms with Gasteiger partial charge >= 0.3 is 6.09 Å². The molecule has 10 heteroatoms. The number of hydrogen-bond donors (Lipinski definition) is 1. The molecule has 41 heavy (non-hydrogen) atoms. The van der Waals surface area contributed by atoms with Crippen LogP contribution in [0.4, 0.5) is 28.1 Å². The van der Waals surface area contributed by atoms with Crippen LogP contribution in [-0.4, -0.2) is 62.5 Å². The van der Waals surface area contributed by atoms with Crippen molar-refractivity contribution in [3.8, 4) is 11.1 Å². The van der Waals surface area contributed by atoms with E-state index >= 15 is 0 Å². The first kappa shape index (κ1) is 38.3. The first-order chi connectivity index (χ1) is 18.8. The van der Waals surface area contributed by atoms with Gasteiger partial charge in [0.2, 0.25) is 0 Å². The van der Waals surface area contributed by atoms with Crippen molar-refractivity contribution in [2.24, 2.45) is 5.92 Å². The first-order valence-corrected chi connectivity index (χ1v) is 13.8. The minimum atomic E-state index is -1.03. The molecule has 0 saturated heterocycles. The lowest BCUT2D eigenvalue weighted by Gasteiger charge is -2.27. The number of halogens is 4. The van der Waals surface area contributed by atoms with Crippen LogP contribution >= 0.6 is 0 Å². The molecule has 1 aromatic heterocycles. The second kappa shape index (κ2) is 17.3. The van der Waals surface area contributed by atoms with E-state index in [1.807, 2.05) is 34.9 Å². The van der Waals surface area contributed by atoms with Gasteiger partial charge in [-0.3, -0.25) is 9.88 Å². The highest BCUT2D eigenvalue weighted by Gasteiger charge is 2.27. The predicted octanol–water partition coefficient (Wildman–Crippen LogP) is 8.04. The molecule has 0 radical (unpaired) electrons. The summed E-state index contributed by atoms with van der Waals surface area (Å²) in [7, 11) is 6.73. The van der Waals surface area contributed by atoms with Crippen LogP contribution in [0.5, 0.6) is 0 Å². The molecule has 1 heterocycles.